The summed E-state index contributed by atoms with van der Waals surface area (Å²) in [6, 6.07) is 6.35. The lowest BCUT2D eigenvalue weighted by atomic mass is 10.0. The largest absolute Gasteiger partial charge is 0.481 e. The predicted octanol–water partition coefficient (Wildman–Crippen LogP) is 2.74. The van der Waals surface area contributed by atoms with Crippen LogP contribution in [-0.2, 0) is 4.79 Å². The maximum Gasteiger partial charge on any atom is 0.261 e. The van der Waals surface area contributed by atoms with Gasteiger partial charge in [-0.2, -0.15) is 0 Å². The molecule has 0 heterocycles. The van der Waals surface area contributed by atoms with E-state index in [1.807, 2.05) is 19.1 Å². The number of hydrogen-bond donors (Lipinski definition) is 2. The summed E-state index contributed by atoms with van der Waals surface area (Å²) in [4.78, 5) is 11.8. The summed E-state index contributed by atoms with van der Waals surface area (Å²) in [5.74, 6) is 0.600. The average molecular weight is 290 g/mol. The number of hydrogen-bond acceptors (Lipinski definition) is 3. The van der Waals surface area contributed by atoms with Crippen molar-refractivity contribution in [2.75, 3.05) is 13.1 Å². The normalized spacial score (nSPS) is 13.3. The molecule has 0 radical (unpaired) electrons. The van der Waals surface area contributed by atoms with Crippen molar-refractivity contribution in [3.8, 4) is 5.75 Å². The van der Waals surface area contributed by atoms with Gasteiger partial charge in [0, 0.05) is 12.6 Å². The lowest BCUT2D eigenvalue weighted by Crippen LogP contribution is -2.36. The Labute approximate surface area is 127 Å². The summed E-state index contributed by atoms with van der Waals surface area (Å²) in [5.41, 5.74) is 2.24. The Balaban J connectivity index is 2.72. The van der Waals surface area contributed by atoms with Crippen LogP contribution in [0.1, 0.15) is 37.9 Å². The Morgan fingerprint density at radius 2 is 2.14 bits per heavy atom. The van der Waals surface area contributed by atoms with Crippen LogP contribution in [0.5, 0.6) is 5.75 Å². The summed E-state index contributed by atoms with van der Waals surface area (Å²) < 4.78 is 5.73. The third-order valence-electron chi connectivity index (χ3n) is 3.30. The summed E-state index contributed by atoms with van der Waals surface area (Å²) in [5, 5.41) is 6.10. The van der Waals surface area contributed by atoms with Crippen LogP contribution in [0.4, 0.5) is 0 Å². The van der Waals surface area contributed by atoms with Gasteiger partial charge < -0.3 is 15.4 Å². The molecule has 0 spiro atoms. The smallest absolute Gasteiger partial charge is 0.261 e. The van der Waals surface area contributed by atoms with Crippen LogP contribution >= 0.6 is 0 Å². The van der Waals surface area contributed by atoms with E-state index in [-0.39, 0.29) is 5.91 Å². The second-order valence-corrected chi connectivity index (χ2v) is 5.10. The second kappa shape index (κ2) is 8.47. The lowest BCUT2D eigenvalue weighted by Gasteiger charge is -2.18. The average Bonchev–Trinajstić information content (AvgIpc) is 2.46. The standard InChI is InChI=1S/C17H26N2O2/c1-6-10-19-17(20)14(5)21-16-9-8-15(11-12(16)3)13(4)18-7-2/h6,8-9,11,13-14,18H,1,7,10H2,2-5H3,(H,19,20). The van der Waals surface area contributed by atoms with Crippen LogP contribution < -0.4 is 15.4 Å². The quantitative estimate of drug-likeness (QED) is 0.724. The fraction of sp³-hybridized carbons (Fsp3) is 0.471. The van der Waals surface area contributed by atoms with Gasteiger partial charge in [-0.15, -0.1) is 6.58 Å². The zero-order valence-electron chi connectivity index (χ0n) is 13.4. The van der Waals surface area contributed by atoms with E-state index in [2.05, 4.69) is 37.1 Å². The third-order valence-corrected chi connectivity index (χ3v) is 3.30. The molecule has 2 N–H and O–H groups in total. The van der Waals surface area contributed by atoms with E-state index >= 15 is 0 Å². The fourth-order valence-electron chi connectivity index (χ4n) is 2.06. The fourth-order valence-corrected chi connectivity index (χ4v) is 2.06. The molecule has 2 atom stereocenters. The van der Waals surface area contributed by atoms with Crippen LogP contribution in [0.3, 0.4) is 0 Å². The van der Waals surface area contributed by atoms with Gasteiger partial charge in [-0.1, -0.05) is 25.1 Å². The van der Waals surface area contributed by atoms with Gasteiger partial charge in [0.2, 0.25) is 0 Å². The molecule has 2 unspecified atom stereocenters. The van der Waals surface area contributed by atoms with Gasteiger partial charge >= 0.3 is 0 Å². The predicted molar refractivity (Wildman–Crippen MR) is 86.6 cm³/mol. The Morgan fingerprint density at radius 3 is 2.71 bits per heavy atom. The van der Waals surface area contributed by atoms with Crippen molar-refractivity contribution < 1.29 is 9.53 Å². The highest BCUT2D eigenvalue weighted by atomic mass is 16.5. The molecular weight excluding hydrogens is 264 g/mol. The summed E-state index contributed by atoms with van der Waals surface area (Å²) >= 11 is 0. The Morgan fingerprint density at radius 1 is 1.43 bits per heavy atom. The molecule has 4 heteroatoms. The molecule has 1 amide bonds. The molecule has 1 rings (SSSR count). The first-order chi connectivity index (χ1) is 9.99. The van der Waals surface area contributed by atoms with Gasteiger partial charge in [-0.3, -0.25) is 4.79 Å². The molecule has 0 aliphatic carbocycles. The third kappa shape index (κ3) is 5.23. The first-order valence-electron chi connectivity index (χ1n) is 7.38. The van der Waals surface area contributed by atoms with Crippen molar-refractivity contribution in [1.82, 2.24) is 10.6 Å². The lowest BCUT2D eigenvalue weighted by molar-refractivity contribution is -0.127. The van der Waals surface area contributed by atoms with Crippen LogP contribution in [-0.4, -0.2) is 25.1 Å². The molecule has 0 saturated carbocycles. The number of aryl methyl sites for hydroxylation is 1. The van der Waals surface area contributed by atoms with Crippen LogP contribution in [0, 0.1) is 6.92 Å². The minimum absolute atomic E-state index is 0.139. The molecule has 21 heavy (non-hydrogen) atoms. The van der Waals surface area contributed by atoms with Gasteiger partial charge in [0.15, 0.2) is 6.10 Å². The summed E-state index contributed by atoms with van der Waals surface area (Å²) in [6.45, 7) is 12.9. The highest BCUT2D eigenvalue weighted by Gasteiger charge is 2.15. The molecule has 0 saturated heterocycles. The highest BCUT2D eigenvalue weighted by molar-refractivity contribution is 5.80. The maximum atomic E-state index is 11.8. The van der Waals surface area contributed by atoms with Crippen LogP contribution in [0.2, 0.25) is 0 Å². The molecule has 0 aromatic heterocycles. The Kier molecular flexibility index (Phi) is 6.96. The molecule has 0 aliphatic rings. The summed E-state index contributed by atoms with van der Waals surface area (Å²) in [7, 11) is 0. The van der Waals surface area contributed by atoms with Gasteiger partial charge in [-0.25, -0.2) is 0 Å². The number of carbonyl (C=O) groups is 1. The van der Waals surface area contributed by atoms with Crippen molar-refractivity contribution in [1.29, 1.82) is 0 Å². The number of carbonyl (C=O) groups excluding carboxylic acids is 1. The number of ether oxygens (including phenoxy) is 1. The molecule has 4 nitrogen and oxygen atoms in total. The molecule has 1 aromatic rings. The second-order valence-electron chi connectivity index (χ2n) is 5.10. The van der Waals surface area contributed by atoms with Crippen molar-refractivity contribution >= 4 is 5.91 Å². The first-order valence-corrected chi connectivity index (χ1v) is 7.38. The van der Waals surface area contributed by atoms with Gasteiger partial charge in [0.1, 0.15) is 5.75 Å². The molecule has 116 valence electrons. The zero-order valence-corrected chi connectivity index (χ0v) is 13.4. The van der Waals surface area contributed by atoms with Crippen molar-refractivity contribution in [3.05, 3.63) is 42.0 Å². The van der Waals surface area contributed by atoms with E-state index in [1.165, 1.54) is 5.56 Å². The van der Waals surface area contributed by atoms with E-state index in [1.54, 1.807) is 13.0 Å². The number of benzene rings is 1. The first kappa shape index (κ1) is 17.2. The Hall–Kier alpha value is -1.81. The van der Waals surface area contributed by atoms with Crippen LogP contribution in [0.15, 0.2) is 30.9 Å². The van der Waals surface area contributed by atoms with Gasteiger partial charge in [-0.05, 0) is 44.5 Å². The van der Waals surface area contributed by atoms with Crippen molar-refractivity contribution in [2.24, 2.45) is 0 Å². The van der Waals surface area contributed by atoms with Crippen molar-refractivity contribution in [3.63, 3.8) is 0 Å². The molecular formula is C17H26N2O2. The molecule has 1 aromatic carbocycles. The SMILES string of the molecule is C=CCNC(=O)C(C)Oc1ccc(C(C)NCC)cc1C. The number of nitrogens with one attached hydrogen (secondary N) is 2. The van der Waals surface area contributed by atoms with E-state index in [0.717, 1.165) is 17.9 Å². The van der Waals surface area contributed by atoms with E-state index in [9.17, 15) is 4.79 Å². The highest BCUT2D eigenvalue weighted by Crippen LogP contribution is 2.23. The number of amides is 1. The topological polar surface area (TPSA) is 50.4 Å². The van der Waals surface area contributed by atoms with Crippen LogP contribution in [0.25, 0.3) is 0 Å². The molecule has 0 aliphatic heterocycles. The van der Waals surface area contributed by atoms with E-state index in [4.69, 9.17) is 4.74 Å². The molecule has 0 fully saturated rings. The molecule has 0 bridgehead atoms. The zero-order chi connectivity index (χ0) is 15.8. The monoisotopic (exact) mass is 290 g/mol. The number of rotatable bonds is 8. The van der Waals surface area contributed by atoms with Crippen molar-refractivity contribution in [2.45, 2.75) is 39.8 Å². The Bertz CT molecular complexity index is 486. The summed E-state index contributed by atoms with van der Waals surface area (Å²) in [6.07, 6.45) is 1.12. The van der Waals surface area contributed by atoms with Gasteiger partial charge in [0.05, 0.1) is 0 Å². The van der Waals surface area contributed by atoms with E-state index < -0.39 is 6.10 Å². The minimum Gasteiger partial charge on any atom is -0.481 e. The minimum atomic E-state index is -0.527. The maximum absolute atomic E-state index is 11.8. The van der Waals surface area contributed by atoms with E-state index in [0.29, 0.717) is 12.6 Å². The van der Waals surface area contributed by atoms with Gasteiger partial charge in [0.25, 0.3) is 5.91 Å².